The van der Waals surface area contributed by atoms with Crippen molar-refractivity contribution in [2.45, 2.75) is 12.2 Å². The van der Waals surface area contributed by atoms with Crippen LogP contribution in [-0.2, 0) is 14.3 Å². The van der Waals surface area contributed by atoms with E-state index in [-0.39, 0.29) is 0 Å². The molecule has 2 atom stereocenters. The number of fused-ring (bicyclic) bond motifs is 1. The van der Waals surface area contributed by atoms with Crippen molar-refractivity contribution in [2.24, 2.45) is 0 Å². The number of hydrogen-bond donors (Lipinski definition) is 0. The van der Waals surface area contributed by atoms with Gasteiger partial charge in [-0.3, -0.25) is 8.98 Å². The predicted molar refractivity (Wildman–Crippen MR) is 86.9 cm³/mol. The molecule has 7 heteroatoms. The Morgan fingerprint density at radius 2 is 1.71 bits per heavy atom. The van der Waals surface area contributed by atoms with Crippen molar-refractivity contribution in [1.29, 1.82) is 0 Å². The van der Waals surface area contributed by atoms with E-state index < -0.39 is 28.1 Å². The van der Waals surface area contributed by atoms with Crippen LogP contribution in [0.4, 0.5) is 0 Å². The smallest absolute Gasteiger partial charge is 0.265 e. The number of benzene rings is 2. The molecule has 2 aromatic carbocycles. The molecule has 0 bridgehead atoms. The highest BCUT2D eigenvalue weighted by atomic mass is 32.2. The number of methoxy groups -OCH3 is 1. The second-order valence-electron chi connectivity index (χ2n) is 5.39. The quantitative estimate of drug-likeness (QED) is 0.789. The van der Waals surface area contributed by atoms with Gasteiger partial charge in [0.2, 0.25) is 5.78 Å². The number of carbonyl (C=O) groups excluding carboxylic acids is 1. The summed E-state index contributed by atoms with van der Waals surface area (Å²) in [6.45, 7) is 0. The number of ether oxygens (including phenoxy) is 2. The molecule has 0 saturated carbocycles. The van der Waals surface area contributed by atoms with Crippen LogP contribution in [0.2, 0.25) is 0 Å². The predicted octanol–water partition coefficient (Wildman–Crippen LogP) is 2.36. The van der Waals surface area contributed by atoms with Gasteiger partial charge in [-0.05, 0) is 29.8 Å². The molecule has 0 amide bonds. The van der Waals surface area contributed by atoms with Crippen molar-refractivity contribution >= 4 is 15.9 Å². The summed E-state index contributed by atoms with van der Waals surface area (Å²) in [5.74, 6) is 0.613. The van der Waals surface area contributed by atoms with Gasteiger partial charge in [0.15, 0.2) is 12.2 Å². The minimum absolute atomic E-state index is 0.302. The van der Waals surface area contributed by atoms with E-state index in [0.29, 0.717) is 22.6 Å². The number of para-hydroxylation sites is 1. The third kappa shape index (κ3) is 3.27. The molecule has 0 radical (unpaired) electrons. The summed E-state index contributed by atoms with van der Waals surface area (Å²) >= 11 is 0. The van der Waals surface area contributed by atoms with E-state index in [2.05, 4.69) is 0 Å². The molecule has 2 unspecified atom stereocenters. The number of hydrogen-bond acceptors (Lipinski definition) is 6. The average Bonchev–Trinajstić information content (AvgIpc) is 2.56. The molecular formula is C17H16O6S. The molecule has 0 fully saturated rings. The van der Waals surface area contributed by atoms with E-state index in [4.69, 9.17) is 13.7 Å². The van der Waals surface area contributed by atoms with Gasteiger partial charge in [-0.1, -0.05) is 24.3 Å². The standard InChI is InChI=1S/C17H16O6S/c1-21-12-9-7-11(8-10-12)16-17(23-24(2,19)20)15(18)13-5-3-4-6-14(13)22-16/h3-10,16-17H,1-2H3. The molecule has 1 aliphatic rings. The number of rotatable bonds is 4. The Balaban J connectivity index is 2.05. The van der Waals surface area contributed by atoms with Gasteiger partial charge < -0.3 is 9.47 Å². The van der Waals surface area contributed by atoms with Crippen molar-refractivity contribution in [3.8, 4) is 11.5 Å². The third-order valence-electron chi connectivity index (χ3n) is 3.66. The van der Waals surface area contributed by atoms with Crippen LogP contribution in [0.25, 0.3) is 0 Å². The minimum Gasteiger partial charge on any atom is -0.497 e. The second-order valence-corrected chi connectivity index (χ2v) is 6.99. The Labute approximate surface area is 140 Å². The van der Waals surface area contributed by atoms with Gasteiger partial charge in [0, 0.05) is 0 Å². The third-order valence-corrected chi connectivity index (χ3v) is 4.22. The summed E-state index contributed by atoms with van der Waals surface area (Å²) in [5, 5.41) is 0. The molecule has 0 N–H and O–H groups in total. The number of Topliss-reactive ketones (excluding diaryl/α,β-unsaturated/α-hetero) is 1. The fourth-order valence-corrected chi connectivity index (χ4v) is 3.15. The highest BCUT2D eigenvalue weighted by Gasteiger charge is 2.41. The first-order valence-corrected chi connectivity index (χ1v) is 9.03. The summed E-state index contributed by atoms with van der Waals surface area (Å²) in [5.41, 5.74) is 0.920. The van der Waals surface area contributed by atoms with Crippen molar-refractivity contribution in [2.75, 3.05) is 13.4 Å². The second kappa shape index (κ2) is 6.26. The van der Waals surface area contributed by atoms with Crippen LogP contribution in [0.3, 0.4) is 0 Å². The Morgan fingerprint density at radius 3 is 2.33 bits per heavy atom. The molecule has 6 nitrogen and oxygen atoms in total. The lowest BCUT2D eigenvalue weighted by Crippen LogP contribution is -2.39. The maximum Gasteiger partial charge on any atom is 0.265 e. The average molecular weight is 348 g/mol. The van der Waals surface area contributed by atoms with Crippen LogP contribution < -0.4 is 9.47 Å². The Hall–Kier alpha value is -2.38. The SMILES string of the molecule is COc1ccc(C2Oc3ccccc3C(=O)C2OS(C)(=O)=O)cc1. The molecule has 0 aromatic heterocycles. The Kier molecular flexibility index (Phi) is 4.29. The largest absolute Gasteiger partial charge is 0.497 e. The number of carbonyl (C=O) groups is 1. The Bertz CT molecular complexity index is 857. The van der Waals surface area contributed by atoms with E-state index >= 15 is 0 Å². The molecule has 126 valence electrons. The zero-order chi connectivity index (χ0) is 17.3. The van der Waals surface area contributed by atoms with Gasteiger partial charge in [-0.15, -0.1) is 0 Å². The van der Waals surface area contributed by atoms with Gasteiger partial charge in [0.1, 0.15) is 11.5 Å². The van der Waals surface area contributed by atoms with E-state index in [1.807, 2.05) is 0 Å². The summed E-state index contributed by atoms with van der Waals surface area (Å²) < 4.78 is 39.2. The maximum atomic E-state index is 12.7. The first-order valence-electron chi connectivity index (χ1n) is 7.21. The van der Waals surface area contributed by atoms with Crippen LogP contribution in [-0.4, -0.2) is 33.7 Å². The number of ketones is 1. The zero-order valence-corrected chi connectivity index (χ0v) is 13.9. The van der Waals surface area contributed by atoms with Gasteiger partial charge >= 0.3 is 0 Å². The lowest BCUT2D eigenvalue weighted by molar-refractivity contribution is 0.0347. The van der Waals surface area contributed by atoms with E-state index in [0.717, 1.165) is 6.26 Å². The molecule has 3 rings (SSSR count). The zero-order valence-electron chi connectivity index (χ0n) is 13.1. The maximum absolute atomic E-state index is 12.7. The monoisotopic (exact) mass is 348 g/mol. The molecule has 24 heavy (non-hydrogen) atoms. The van der Waals surface area contributed by atoms with Gasteiger partial charge in [-0.25, -0.2) is 0 Å². The Morgan fingerprint density at radius 1 is 1.04 bits per heavy atom. The summed E-state index contributed by atoms with van der Waals surface area (Å²) in [6.07, 6.45) is -1.23. The fourth-order valence-electron chi connectivity index (χ4n) is 2.58. The first kappa shape index (κ1) is 16.5. The van der Waals surface area contributed by atoms with Crippen molar-refractivity contribution in [3.05, 3.63) is 59.7 Å². The highest BCUT2D eigenvalue weighted by molar-refractivity contribution is 7.86. The molecule has 1 heterocycles. The van der Waals surface area contributed by atoms with Crippen molar-refractivity contribution < 1.29 is 26.9 Å². The van der Waals surface area contributed by atoms with Crippen LogP contribution in [0.1, 0.15) is 22.0 Å². The highest BCUT2D eigenvalue weighted by Crippen LogP contribution is 2.37. The fraction of sp³-hybridized carbons (Fsp3) is 0.235. The van der Waals surface area contributed by atoms with Crippen LogP contribution >= 0.6 is 0 Å². The lowest BCUT2D eigenvalue weighted by atomic mass is 9.93. The molecular weight excluding hydrogens is 332 g/mol. The molecule has 2 aromatic rings. The van der Waals surface area contributed by atoms with Crippen LogP contribution in [0, 0.1) is 0 Å². The molecule has 0 saturated heterocycles. The van der Waals surface area contributed by atoms with Crippen LogP contribution in [0.5, 0.6) is 11.5 Å². The minimum atomic E-state index is -3.84. The topological polar surface area (TPSA) is 78.9 Å². The molecule has 0 spiro atoms. The van der Waals surface area contributed by atoms with Crippen molar-refractivity contribution in [3.63, 3.8) is 0 Å². The summed E-state index contributed by atoms with van der Waals surface area (Å²) in [6, 6.07) is 13.5. The summed E-state index contributed by atoms with van der Waals surface area (Å²) in [7, 11) is -2.30. The summed E-state index contributed by atoms with van der Waals surface area (Å²) in [4.78, 5) is 12.7. The molecule has 0 aliphatic carbocycles. The molecule has 1 aliphatic heterocycles. The van der Waals surface area contributed by atoms with Gasteiger partial charge in [-0.2, -0.15) is 8.42 Å². The van der Waals surface area contributed by atoms with E-state index in [1.165, 1.54) is 0 Å². The van der Waals surface area contributed by atoms with Gasteiger partial charge in [0.05, 0.1) is 18.9 Å². The normalized spacial score (nSPS) is 20.2. The lowest BCUT2D eigenvalue weighted by Gasteiger charge is -2.31. The first-order chi connectivity index (χ1) is 11.4. The van der Waals surface area contributed by atoms with E-state index in [1.54, 1.807) is 55.6 Å². The van der Waals surface area contributed by atoms with Gasteiger partial charge in [0.25, 0.3) is 10.1 Å². The van der Waals surface area contributed by atoms with Crippen molar-refractivity contribution in [1.82, 2.24) is 0 Å². The van der Waals surface area contributed by atoms with E-state index in [9.17, 15) is 13.2 Å². The van der Waals surface area contributed by atoms with Crippen LogP contribution in [0.15, 0.2) is 48.5 Å².